The van der Waals surface area contributed by atoms with E-state index in [0.29, 0.717) is 0 Å². The number of aliphatic hydroxyl groups is 1. The molecular formula is C16H17NO. The zero-order chi connectivity index (χ0) is 12.7. The Morgan fingerprint density at radius 2 is 1.78 bits per heavy atom. The van der Waals surface area contributed by atoms with E-state index in [0.717, 1.165) is 12.1 Å². The average Bonchev–Trinajstić information content (AvgIpc) is 2.71. The molecule has 0 aliphatic rings. The van der Waals surface area contributed by atoms with E-state index in [1.807, 2.05) is 6.07 Å². The number of hydrogen-bond donors (Lipinski definition) is 1. The molecule has 2 aromatic carbocycles. The van der Waals surface area contributed by atoms with Crippen molar-refractivity contribution >= 4 is 21.8 Å². The first kappa shape index (κ1) is 11.3. The summed E-state index contributed by atoms with van der Waals surface area (Å²) in [4.78, 5) is 0. The normalized spacial score (nSPS) is 13.3. The van der Waals surface area contributed by atoms with Crippen LogP contribution in [0.25, 0.3) is 21.8 Å². The minimum atomic E-state index is -0.418. The van der Waals surface area contributed by atoms with Crippen molar-refractivity contribution in [3.05, 3.63) is 48.0 Å². The van der Waals surface area contributed by atoms with Crippen molar-refractivity contribution in [2.75, 3.05) is 0 Å². The van der Waals surface area contributed by atoms with Gasteiger partial charge in [-0.3, -0.25) is 0 Å². The number of nitrogens with zero attached hydrogens (tertiary/aromatic N) is 1. The highest BCUT2D eigenvalue weighted by molar-refractivity contribution is 6.08. The van der Waals surface area contributed by atoms with Crippen molar-refractivity contribution in [1.82, 2.24) is 4.57 Å². The van der Waals surface area contributed by atoms with Crippen LogP contribution in [0.5, 0.6) is 0 Å². The van der Waals surface area contributed by atoms with E-state index in [1.54, 1.807) is 6.92 Å². The summed E-state index contributed by atoms with van der Waals surface area (Å²) in [6.45, 7) is 4.92. The van der Waals surface area contributed by atoms with Gasteiger partial charge in [-0.25, -0.2) is 0 Å². The quantitative estimate of drug-likeness (QED) is 0.721. The van der Waals surface area contributed by atoms with Crippen LogP contribution in [0, 0.1) is 0 Å². The molecule has 18 heavy (non-hydrogen) atoms. The molecule has 0 bridgehead atoms. The van der Waals surface area contributed by atoms with Gasteiger partial charge >= 0.3 is 0 Å². The van der Waals surface area contributed by atoms with Gasteiger partial charge in [-0.1, -0.05) is 24.3 Å². The van der Waals surface area contributed by atoms with Crippen molar-refractivity contribution in [3.63, 3.8) is 0 Å². The van der Waals surface area contributed by atoms with E-state index in [9.17, 15) is 5.11 Å². The van der Waals surface area contributed by atoms with Crippen molar-refractivity contribution in [1.29, 1.82) is 0 Å². The molecule has 0 aliphatic carbocycles. The Bertz CT molecular complexity index is 710. The minimum Gasteiger partial charge on any atom is -0.389 e. The molecule has 3 aromatic rings. The van der Waals surface area contributed by atoms with E-state index in [2.05, 4.69) is 47.9 Å². The standard InChI is InChI=1S/C16H17NO/c1-3-17-15-7-5-4-6-13(15)14-10-12(11(2)18)8-9-16(14)17/h4-11,18H,3H2,1-2H3/t11-/m0/s1. The Hall–Kier alpha value is -1.80. The molecule has 0 amide bonds. The van der Waals surface area contributed by atoms with Crippen LogP contribution >= 0.6 is 0 Å². The molecule has 2 heteroatoms. The number of rotatable bonds is 2. The van der Waals surface area contributed by atoms with Crippen molar-refractivity contribution < 1.29 is 5.11 Å². The second kappa shape index (κ2) is 4.14. The lowest BCUT2D eigenvalue weighted by Gasteiger charge is -2.06. The fraction of sp³-hybridized carbons (Fsp3) is 0.250. The third-order valence-electron chi connectivity index (χ3n) is 3.60. The number of hydrogen-bond acceptors (Lipinski definition) is 1. The highest BCUT2D eigenvalue weighted by atomic mass is 16.3. The zero-order valence-corrected chi connectivity index (χ0v) is 10.7. The summed E-state index contributed by atoms with van der Waals surface area (Å²) >= 11 is 0. The van der Waals surface area contributed by atoms with Gasteiger partial charge in [0.1, 0.15) is 0 Å². The monoisotopic (exact) mass is 239 g/mol. The van der Waals surface area contributed by atoms with Crippen molar-refractivity contribution in [2.45, 2.75) is 26.5 Å². The Morgan fingerprint density at radius 1 is 1.06 bits per heavy atom. The molecule has 1 atom stereocenters. The highest BCUT2D eigenvalue weighted by Gasteiger charge is 2.10. The number of aryl methyl sites for hydroxylation is 1. The van der Waals surface area contributed by atoms with E-state index in [-0.39, 0.29) is 0 Å². The first-order valence-corrected chi connectivity index (χ1v) is 6.41. The van der Waals surface area contributed by atoms with Crippen LogP contribution in [0.2, 0.25) is 0 Å². The third-order valence-corrected chi connectivity index (χ3v) is 3.60. The molecule has 92 valence electrons. The Kier molecular flexibility index (Phi) is 2.60. The predicted octanol–water partition coefficient (Wildman–Crippen LogP) is 3.87. The highest BCUT2D eigenvalue weighted by Crippen LogP contribution is 2.30. The van der Waals surface area contributed by atoms with Crippen molar-refractivity contribution in [3.8, 4) is 0 Å². The summed E-state index contributed by atoms with van der Waals surface area (Å²) < 4.78 is 2.32. The SMILES string of the molecule is CCn1c2ccccc2c2cc([C@H](C)O)ccc21. The molecule has 1 aromatic heterocycles. The fourth-order valence-electron chi connectivity index (χ4n) is 2.67. The van der Waals surface area contributed by atoms with Crippen LogP contribution in [0.3, 0.4) is 0 Å². The van der Waals surface area contributed by atoms with Gasteiger partial charge < -0.3 is 9.67 Å². The van der Waals surface area contributed by atoms with Crippen LogP contribution in [0.15, 0.2) is 42.5 Å². The summed E-state index contributed by atoms with van der Waals surface area (Å²) in [7, 11) is 0. The van der Waals surface area contributed by atoms with Crippen LogP contribution in [-0.4, -0.2) is 9.67 Å². The molecule has 0 spiro atoms. The lowest BCUT2D eigenvalue weighted by atomic mass is 10.1. The van der Waals surface area contributed by atoms with Crippen molar-refractivity contribution in [2.24, 2.45) is 0 Å². The molecule has 1 N–H and O–H groups in total. The molecule has 3 rings (SSSR count). The summed E-state index contributed by atoms with van der Waals surface area (Å²) in [6.07, 6.45) is -0.418. The molecule has 1 heterocycles. The maximum atomic E-state index is 9.71. The smallest absolute Gasteiger partial charge is 0.0762 e. The maximum absolute atomic E-state index is 9.71. The Morgan fingerprint density at radius 3 is 2.50 bits per heavy atom. The van der Waals surface area contributed by atoms with E-state index in [1.165, 1.54) is 21.8 Å². The molecular weight excluding hydrogens is 222 g/mol. The van der Waals surface area contributed by atoms with Gasteiger partial charge in [-0.2, -0.15) is 0 Å². The second-order valence-corrected chi connectivity index (χ2v) is 4.71. The van der Waals surface area contributed by atoms with Gasteiger partial charge in [0.2, 0.25) is 0 Å². The molecule has 0 fully saturated rings. The number of aliphatic hydroxyl groups excluding tert-OH is 1. The molecule has 2 nitrogen and oxygen atoms in total. The van der Waals surface area contributed by atoms with Gasteiger partial charge in [0.15, 0.2) is 0 Å². The van der Waals surface area contributed by atoms with Gasteiger partial charge in [-0.15, -0.1) is 0 Å². The number of aromatic nitrogens is 1. The van der Waals surface area contributed by atoms with E-state index in [4.69, 9.17) is 0 Å². The molecule has 0 radical (unpaired) electrons. The van der Waals surface area contributed by atoms with Gasteiger partial charge in [0, 0.05) is 28.4 Å². The van der Waals surface area contributed by atoms with Crippen LogP contribution in [0.4, 0.5) is 0 Å². The Balaban J connectivity index is 2.45. The first-order chi connectivity index (χ1) is 8.72. The lowest BCUT2D eigenvalue weighted by molar-refractivity contribution is 0.199. The number of para-hydroxylation sites is 1. The summed E-state index contributed by atoms with van der Waals surface area (Å²) in [5.74, 6) is 0. The average molecular weight is 239 g/mol. The van der Waals surface area contributed by atoms with E-state index >= 15 is 0 Å². The minimum absolute atomic E-state index is 0.418. The summed E-state index contributed by atoms with van der Waals surface area (Å²) in [6, 6.07) is 14.7. The fourth-order valence-corrected chi connectivity index (χ4v) is 2.67. The van der Waals surface area contributed by atoms with Gasteiger partial charge in [0.05, 0.1) is 6.10 Å². The maximum Gasteiger partial charge on any atom is 0.0762 e. The second-order valence-electron chi connectivity index (χ2n) is 4.71. The van der Waals surface area contributed by atoms with Gasteiger partial charge in [0.25, 0.3) is 0 Å². The molecule has 0 saturated heterocycles. The molecule has 0 saturated carbocycles. The summed E-state index contributed by atoms with van der Waals surface area (Å²) in [5, 5.41) is 12.2. The Labute approximate surface area is 106 Å². The third kappa shape index (κ3) is 1.53. The summed E-state index contributed by atoms with van der Waals surface area (Å²) in [5.41, 5.74) is 3.47. The molecule has 0 unspecified atom stereocenters. The first-order valence-electron chi connectivity index (χ1n) is 6.41. The number of fused-ring (bicyclic) bond motifs is 3. The van der Waals surface area contributed by atoms with Gasteiger partial charge in [-0.05, 0) is 37.6 Å². The van der Waals surface area contributed by atoms with Crippen LogP contribution in [-0.2, 0) is 6.54 Å². The molecule has 0 aliphatic heterocycles. The van der Waals surface area contributed by atoms with Crippen LogP contribution in [0.1, 0.15) is 25.5 Å². The number of benzene rings is 2. The zero-order valence-electron chi connectivity index (χ0n) is 10.7. The largest absolute Gasteiger partial charge is 0.389 e. The lowest BCUT2D eigenvalue weighted by Crippen LogP contribution is -1.94. The predicted molar refractivity (Wildman–Crippen MR) is 75.8 cm³/mol. The topological polar surface area (TPSA) is 25.2 Å². The van der Waals surface area contributed by atoms with Crippen LogP contribution < -0.4 is 0 Å². The van der Waals surface area contributed by atoms with E-state index < -0.39 is 6.10 Å².